The van der Waals surface area contributed by atoms with Gasteiger partial charge in [0.05, 0.1) is 4.90 Å². The molecule has 1 aliphatic carbocycles. The maximum absolute atomic E-state index is 13.6. The number of hydrogen-bond acceptors (Lipinski definition) is 6. The number of anilines is 1. The van der Waals surface area contributed by atoms with Gasteiger partial charge in [0, 0.05) is 42.3 Å². The Morgan fingerprint density at radius 3 is 2.48 bits per heavy atom. The Labute approximate surface area is 198 Å². The number of nitrogens with one attached hydrogen (secondary N) is 1. The largest absolute Gasteiger partial charge is 0.396 e. The first-order valence-electron chi connectivity index (χ1n) is 11.0. The van der Waals surface area contributed by atoms with Gasteiger partial charge >= 0.3 is 0 Å². The summed E-state index contributed by atoms with van der Waals surface area (Å²) in [6, 6.07) is 15.7. The number of sulfonamides is 1. The number of thiazole rings is 1. The molecule has 1 amide bonds. The lowest BCUT2D eigenvalue weighted by atomic mass is 9.83. The third-order valence-corrected chi connectivity index (χ3v) is 8.20. The summed E-state index contributed by atoms with van der Waals surface area (Å²) in [6.07, 6.45) is 5.32. The van der Waals surface area contributed by atoms with E-state index < -0.39 is 10.0 Å². The molecule has 1 saturated carbocycles. The van der Waals surface area contributed by atoms with Crippen molar-refractivity contribution in [3.8, 4) is 0 Å². The fourth-order valence-corrected chi connectivity index (χ4v) is 6.11. The minimum Gasteiger partial charge on any atom is -0.396 e. The zero-order valence-corrected chi connectivity index (χ0v) is 19.8. The minimum absolute atomic E-state index is 0.0357. The van der Waals surface area contributed by atoms with Crippen LogP contribution in [-0.4, -0.2) is 42.0 Å². The molecule has 0 radical (unpaired) electrons. The summed E-state index contributed by atoms with van der Waals surface area (Å²) >= 11 is 1.19. The molecule has 2 aromatic carbocycles. The second kappa shape index (κ2) is 10.5. The van der Waals surface area contributed by atoms with Gasteiger partial charge in [-0.3, -0.25) is 9.52 Å². The summed E-state index contributed by atoms with van der Waals surface area (Å²) in [7, 11) is -3.79. The van der Waals surface area contributed by atoms with Crippen LogP contribution in [-0.2, 0) is 16.6 Å². The van der Waals surface area contributed by atoms with Gasteiger partial charge in [-0.1, -0.05) is 43.2 Å². The van der Waals surface area contributed by atoms with Crippen molar-refractivity contribution in [1.82, 2.24) is 9.88 Å². The van der Waals surface area contributed by atoms with Crippen LogP contribution in [0.4, 0.5) is 5.13 Å². The number of benzene rings is 2. The Morgan fingerprint density at radius 1 is 1.09 bits per heavy atom. The van der Waals surface area contributed by atoms with Gasteiger partial charge in [0.1, 0.15) is 0 Å². The summed E-state index contributed by atoms with van der Waals surface area (Å²) in [4.78, 5) is 19.5. The highest BCUT2D eigenvalue weighted by Crippen LogP contribution is 2.31. The number of aliphatic hydroxyl groups is 1. The van der Waals surface area contributed by atoms with Crippen LogP contribution in [0.3, 0.4) is 0 Å². The first-order chi connectivity index (χ1) is 16.0. The number of rotatable bonds is 8. The predicted octanol–water partition coefficient (Wildman–Crippen LogP) is 4.14. The second-order valence-electron chi connectivity index (χ2n) is 8.18. The van der Waals surface area contributed by atoms with Gasteiger partial charge in [0.25, 0.3) is 15.9 Å². The molecule has 9 heteroatoms. The fourth-order valence-electron chi connectivity index (χ4n) is 4.32. The molecular formula is C24H27N3O4S2. The number of aliphatic hydroxyl groups excluding tert-OH is 1. The van der Waals surface area contributed by atoms with E-state index in [1.165, 1.54) is 29.7 Å². The number of hydrogen-bond donors (Lipinski definition) is 2. The van der Waals surface area contributed by atoms with E-state index in [0.29, 0.717) is 12.1 Å². The summed E-state index contributed by atoms with van der Waals surface area (Å²) < 4.78 is 27.7. The molecule has 1 heterocycles. The van der Waals surface area contributed by atoms with Gasteiger partial charge in [-0.25, -0.2) is 13.4 Å². The highest BCUT2D eigenvalue weighted by Gasteiger charge is 2.33. The van der Waals surface area contributed by atoms with Gasteiger partial charge in [0.2, 0.25) is 0 Å². The van der Waals surface area contributed by atoms with Crippen molar-refractivity contribution in [1.29, 1.82) is 0 Å². The van der Waals surface area contributed by atoms with Crippen LogP contribution in [0.15, 0.2) is 71.1 Å². The van der Waals surface area contributed by atoms with Crippen molar-refractivity contribution in [2.75, 3.05) is 11.3 Å². The SMILES string of the molecule is O=C(c1ccc(S(=O)(=O)Nc2nccs2)cc1)N(Cc1ccccc1)[C@H]1CCCC[C@H]1CO. The van der Waals surface area contributed by atoms with Crippen LogP contribution in [0.5, 0.6) is 0 Å². The van der Waals surface area contributed by atoms with E-state index in [1.54, 1.807) is 17.5 Å². The van der Waals surface area contributed by atoms with E-state index in [2.05, 4.69) is 9.71 Å². The van der Waals surface area contributed by atoms with Crippen LogP contribution in [0.2, 0.25) is 0 Å². The van der Waals surface area contributed by atoms with Crippen LogP contribution in [0, 0.1) is 5.92 Å². The number of amides is 1. The van der Waals surface area contributed by atoms with Crippen molar-refractivity contribution < 1.29 is 18.3 Å². The number of carbonyl (C=O) groups excluding carboxylic acids is 1. The molecular weight excluding hydrogens is 458 g/mol. The molecule has 1 aromatic heterocycles. The van der Waals surface area contributed by atoms with Crippen LogP contribution >= 0.6 is 11.3 Å². The Hall–Kier alpha value is -2.75. The Balaban J connectivity index is 1.58. The van der Waals surface area contributed by atoms with E-state index in [9.17, 15) is 18.3 Å². The monoisotopic (exact) mass is 485 g/mol. The quantitative estimate of drug-likeness (QED) is 0.500. The van der Waals surface area contributed by atoms with Crippen molar-refractivity contribution in [3.63, 3.8) is 0 Å². The molecule has 3 aromatic rings. The first kappa shape index (κ1) is 23.4. The molecule has 1 aliphatic rings. The topological polar surface area (TPSA) is 99.6 Å². The third kappa shape index (κ3) is 5.61. The second-order valence-corrected chi connectivity index (χ2v) is 10.8. The lowest BCUT2D eigenvalue weighted by Crippen LogP contribution is -2.46. The molecule has 1 fully saturated rings. The predicted molar refractivity (Wildman–Crippen MR) is 129 cm³/mol. The van der Waals surface area contributed by atoms with E-state index in [0.717, 1.165) is 31.2 Å². The molecule has 0 aliphatic heterocycles. The van der Waals surface area contributed by atoms with Crippen molar-refractivity contribution in [2.24, 2.45) is 5.92 Å². The summed E-state index contributed by atoms with van der Waals surface area (Å²) in [5, 5.41) is 11.9. The molecule has 7 nitrogen and oxygen atoms in total. The zero-order valence-electron chi connectivity index (χ0n) is 18.1. The summed E-state index contributed by atoms with van der Waals surface area (Å²) in [5.74, 6) is -0.130. The third-order valence-electron chi connectivity index (χ3n) is 6.03. The van der Waals surface area contributed by atoms with Crippen molar-refractivity contribution in [3.05, 3.63) is 77.3 Å². The van der Waals surface area contributed by atoms with Crippen molar-refractivity contribution in [2.45, 2.75) is 43.2 Å². The molecule has 0 spiro atoms. The van der Waals surface area contributed by atoms with E-state index >= 15 is 0 Å². The van der Waals surface area contributed by atoms with Crippen LogP contribution in [0.25, 0.3) is 0 Å². The lowest BCUT2D eigenvalue weighted by molar-refractivity contribution is 0.0404. The molecule has 33 heavy (non-hydrogen) atoms. The summed E-state index contributed by atoms with van der Waals surface area (Å²) in [6.45, 7) is 0.481. The van der Waals surface area contributed by atoms with E-state index in [-0.39, 0.29) is 34.5 Å². The summed E-state index contributed by atoms with van der Waals surface area (Å²) in [5.41, 5.74) is 1.43. The Bertz CT molecular complexity index is 1150. The smallest absolute Gasteiger partial charge is 0.263 e. The van der Waals surface area contributed by atoms with Crippen LogP contribution in [0.1, 0.15) is 41.6 Å². The number of carbonyl (C=O) groups is 1. The van der Waals surface area contributed by atoms with Crippen LogP contribution < -0.4 is 4.72 Å². The Kier molecular flexibility index (Phi) is 7.42. The van der Waals surface area contributed by atoms with Gasteiger partial charge < -0.3 is 10.0 Å². The van der Waals surface area contributed by atoms with E-state index in [1.807, 2.05) is 35.2 Å². The van der Waals surface area contributed by atoms with Gasteiger partial charge in [-0.15, -0.1) is 11.3 Å². The lowest BCUT2D eigenvalue weighted by Gasteiger charge is -2.39. The average molecular weight is 486 g/mol. The Morgan fingerprint density at radius 2 is 1.82 bits per heavy atom. The molecule has 174 valence electrons. The maximum atomic E-state index is 13.6. The number of aromatic nitrogens is 1. The van der Waals surface area contributed by atoms with Gasteiger partial charge in [-0.2, -0.15) is 0 Å². The first-order valence-corrected chi connectivity index (χ1v) is 13.3. The average Bonchev–Trinajstić information content (AvgIpc) is 3.35. The molecule has 0 unspecified atom stereocenters. The highest BCUT2D eigenvalue weighted by molar-refractivity contribution is 7.93. The van der Waals surface area contributed by atoms with E-state index in [4.69, 9.17) is 0 Å². The molecule has 0 bridgehead atoms. The fraction of sp³-hybridized carbons (Fsp3) is 0.333. The zero-order chi connectivity index (χ0) is 23.3. The molecule has 4 rings (SSSR count). The molecule has 2 N–H and O–H groups in total. The maximum Gasteiger partial charge on any atom is 0.263 e. The standard InChI is InChI=1S/C24H27N3O4S2/c28-17-20-8-4-5-9-22(20)27(16-18-6-2-1-3-7-18)23(29)19-10-12-21(13-11-19)33(30,31)26-24-25-14-15-32-24/h1-3,6-7,10-15,20,22,28H,4-5,8-9,16-17H2,(H,25,26)/t20-,22-/m0/s1. The van der Waals surface area contributed by atoms with Crippen molar-refractivity contribution >= 4 is 32.4 Å². The number of nitrogens with zero attached hydrogens (tertiary/aromatic N) is 2. The normalized spacial score (nSPS) is 18.6. The van der Waals surface area contributed by atoms with Gasteiger partial charge in [-0.05, 0) is 42.7 Å². The highest BCUT2D eigenvalue weighted by atomic mass is 32.2. The molecule has 2 atom stereocenters. The molecule has 0 saturated heterocycles. The minimum atomic E-state index is -3.79. The van der Waals surface area contributed by atoms with Gasteiger partial charge in [0.15, 0.2) is 5.13 Å².